The number of nitrogens with zero attached hydrogens (tertiary/aromatic N) is 1. The van der Waals surface area contributed by atoms with E-state index in [0.29, 0.717) is 17.0 Å². The second kappa shape index (κ2) is 6.13. The number of hydrogen-bond acceptors (Lipinski definition) is 2. The number of pyridine rings is 1. The van der Waals surface area contributed by atoms with Crippen LogP contribution < -0.4 is 5.32 Å². The predicted molar refractivity (Wildman–Crippen MR) is 75.9 cm³/mol. The zero-order chi connectivity index (χ0) is 13.8. The van der Waals surface area contributed by atoms with Gasteiger partial charge < -0.3 is 5.32 Å². The van der Waals surface area contributed by atoms with E-state index in [1.54, 1.807) is 18.3 Å². The van der Waals surface area contributed by atoms with Crippen LogP contribution in [0, 0.1) is 12.7 Å². The van der Waals surface area contributed by atoms with E-state index in [4.69, 9.17) is 11.6 Å². The molecule has 0 bridgehead atoms. The third-order valence-electron chi connectivity index (χ3n) is 3.20. The van der Waals surface area contributed by atoms with Gasteiger partial charge in [0.25, 0.3) is 0 Å². The highest BCUT2D eigenvalue weighted by molar-refractivity contribution is 6.31. The number of aromatic nitrogens is 1. The molecule has 4 heteroatoms. The van der Waals surface area contributed by atoms with Crippen LogP contribution in [0.3, 0.4) is 0 Å². The van der Waals surface area contributed by atoms with Gasteiger partial charge in [0.1, 0.15) is 5.82 Å². The zero-order valence-corrected chi connectivity index (χ0v) is 11.7. The summed E-state index contributed by atoms with van der Waals surface area (Å²) in [6.07, 6.45) is 2.22. The van der Waals surface area contributed by atoms with Crippen molar-refractivity contribution in [2.75, 3.05) is 7.05 Å². The van der Waals surface area contributed by atoms with E-state index >= 15 is 0 Å². The van der Waals surface area contributed by atoms with Crippen molar-refractivity contribution in [1.82, 2.24) is 10.3 Å². The average molecular weight is 279 g/mol. The molecule has 2 rings (SSSR count). The van der Waals surface area contributed by atoms with Crippen molar-refractivity contribution >= 4 is 11.6 Å². The fourth-order valence-corrected chi connectivity index (χ4v) is 2.37. The highest BCUT2D eigenvalue weighted by Gasteiger charge is 2.17. The molecule has 100 valence electrons. The Kier molecular flexibility index (Phi) is 4.51. The summed E-state index contributed by atoms with van der Waals surface area (Å²) in [5, 5.41) is 3.63. The molecule has 0 aliphatic carbocycles. The predicted octanol–water partition coefficient (Wildman–Crippen LogP) is 3.69. The summed E-state index contributed by atoms with van der Waals surface area (Å²) in [5.74, 6) is -0.277. The monoisotopic (exact) mass is 278 g/mol. The number of halogens is 2. The Labute approximate surface area is 117 Å². The first kappa shape index (κ1) is 14.0. The van der Waals surface area contributed by atoms with Crippen LogP contribution in [0.2, 0.25) is 5.02 Å². The minimum absolute atomic E-state index is 0.0596. The molecule has 19 heavy (non-hydrogen) atoms. The normalized spacial score (nSPS) is 12.4. The summed E-state index contributed by atoms with van der Waals surface area (Å²) in [7, 11) is 1.84. The highest BCUT2D eigenvalue weighted by Crippen LogP contribution is 2.26. The largest absolute Gasteiger partial charge is 0.311 e. The summed E-state index contributed by atoms with van der Waals surface area (Å²) in [5.41, 5.74) is 2.52. The molecular weight excluding hydrogens is 263 g/mol. The number of benzene rings is 1. The van der Waals surface area contributed by atoms with Crippen LogP contribution in [-0.2, 0) is 6.42 Å². The molecule has 0 spiro atoms. The van der Waals surface area contributed by atoms with Gasteiger partial charge in [0, 0.05) is 16.8 Å². The van der Waals surface area contributed by atoms with Crippen molar-refractivity contribution in [1.29, 1.82) is 0 Å². The third kappa shape index (κ3) is 3.11. The summed E-state index contributed by atoms with van der Waals surface area (Å²) in [6, 6.07) is 8.58. The second-order valence-electron chi connectivity index (χ2n) is 4.45. The van der Waals surface area contributed by atoms with Gasteiger partial charge in [-0.3, -0.25) is 4.98 Å². The van der Waals surface area contributed by atoms with Gasteiger partial charge in [-0.15, -0.1) is 0 Å². The Morgan fingerprint density at radius 2 is 2.11 bits per heavy atom. The van der Waals surface area contributed by atoms with Crippen LogP contribution >= 0.6 is 11.6 Å². The maximum Gasteiger partial charge on any atom is 0.127 e. The summed E-state index contributed by atoms with van der Waals surface area (Å²) in [4.78, 5) is 4.38. The van der Waals surface area contributed by atoms with E-state index in [0.717, 1.165) is 11.3 Å². The Hall–Kier alpha value is -1.45. The molecule has 2 aromatic rings. The number of aryl methyl sites for hydroxylation is 1. The third-order valence-corrected chi connectivity index (χ3v) is 3.55. The number of likely N-dealkylation sites (N-methyl/N-ethyl adjacent to an activating group) is 1. The van der Waals surface area contributed by atoms with Crippen LogP contribution in [0.15, 0.2) is 36.5 Å². The van der Waals surface area contributed by atoms with Gasteiger partial charge >= 0.3 is 0 Å². The zero-order valence-electron chi connectivity index (χ0n) is 11.0. The fraction of sp³-hybridized carbons (Fsp3) is 0.267. The first-order valence-corrected chi connectivity index (χ1v) is 6.53. The van der Waals surface area contributed by atoms with Gasteiger partial charge in [-0.2, -0.15) is 0 Å². The lowest BCUT2D eigenvalue weighted by Crippen LogP contribution is -2.21. The molecular formula is C15H16ClFN2. The maximum absolute atomic E-state index is 13.8. The molecule has 0 aliphatic rings. The molecule has 0 aliphatic heterocycles. The summed E-state index contributed by atoms with van der Waals surface area (Å²) < 4.78 is 13.8. The van der Waals surface area contributed by atoms with Crippen LogP contribution in [0.25, 0.3) is 0 Å². The Morgan fingerprint density at radius 3 is 2.74 bits per heavy atom. The lowest BCUT2D eigenvalue weighted by molar-refractivity contribution is 0.543. The van der Waals surface area contributed by atoms with E-state index in [1.165, 1.54) is 6.07 Å². The SMILES string of the molecule is CNC(Cc1c(F)cccc1Cl)c1ncccc1C. The topological polar surface area (TPSA) is 24.9 Å². The van der Waals surface area contributed by atoms with Crippen LogP contribution in [0.1, 0.15) is 22.9 Å². The van der Waals surface area contributed by atoms with Crippen molar-refractivity contribution in [3.8, 4) is 0 Å². The molecule has 1 atom stereocenters. The number of hydrogen-bond donors (Lipinski definition) is 1. The standard InChI is InChI=1S/C15H16ClFN2/c1-10-5-4-8-19-15(10)14(18-2)9-11-12(16)6-3-7-13(11)17/h3-8,14,18H,9H2,1-2H3. The van der Waals surface area contributed by atoms with Gasteiger partial charge in [0.2, 0.25) is 0 Å². The molecule has 0 fully saturated rings. The molecule has 0 saturated heterocycles. The van der Waals surface area contributed by atoms with Crippen molar-refractivity contribution in [2.24, 2.45) is 0 Å². The van der Waals surface area contributed by atoms with Gasteiger partial charge in [0.15, 0.2) is 0 Å². The first-order chi connectivity index (χ1) is 9.13. The fourth-order valence-electron chi connectivity index (χ4n) is 2.13. The smallest absolute Gasteiger partial charge is 0.127 e. The molecule has 1 heterocycles. The number of nitrogens with one attached hydrogen (secondary N) is 1. The van der Waals surface area contributed by atoms with E-state index in [9.17, 15) is 4.39 Å². The van der Waals surface area contributed by atoms with Gasteiger partial charge in [0.05, 0.1) is 11.7 Å². The summed E-state index contributed by atoms with van der Waals surface area (Å²) in [6.45, 7) is 2.00. The molecule has 1 aromatic carbocycles. The molecule has 0 radical (unpaired) electrons. The van der Waals surface area contributed by atoms with Crippen LogP contribution in [0.4, 0.5) is 4.39 Å². The molecule has 1 unspecified atom stereocenters. The van der Waals surface area contributed by atoms with Gasteiger partial charge in [-0.1, -0.05) is 23.7 Å². The Balaban J connectivity index is 2.32. The van der Waals surface area contributed by atoms with E-state index in [-0.39, 0.29) is 11.9 Å². The second-order valence-corrected chi connectivity index (χ2v) is 4.86. The highest BCUT2D eigenvalue weighted by atomic mass is 35.5. The van der Waals surface area contributed by atoms with Crippen molar-refractivity contribution in [2.45, 2.75) is 19.4 Å². The molecule has 2 nitrogen and oxygen atoms in total. The number of rotatable bonds is 4. The van der Waals surface area contributed by atoms with Crippen LogP contribution in [0.5, 0.6) is 0 Å². The Morgan fingerprint density at radius 1 is 1.32 bits per heavy atom. The van der Waals surface area contributed by atoms with E-state index in [1.807, 2.05) is 26.1 Å². The minimum Gasteiger partial charge on any atom is -0.311 e. The first-order valence-electron chi connectivity index (χ1n) is 6.15. The quantitative estimate of drug-likeness (QED) is 0.923. The van der Waals surface area contributed by atoms with Crippen molar-refractivity contribution in [3.05, 3.63) is 64.2 Å². The van der Waals surface area contributed by atoms with Crippen LogP contribution in [-0.4, -0.2) is 12.0 Å². The van der Waals surface area contributed by atoms with Crippen molar-refractivity contribution < 1.29 is 4.39 Å². The average Bonchev–Trinajstić information content (AvgIpc) is 2.40. The lowest BCUT2D eigenvalue weighted by Gasteiger charge is -2.18. The minimum atomic E-state index is -0.277. The maximum atomic E-state index is 13.8. The molecule has 1 N–H and O–H groups in total. The molecule has 0 saturated carbocycles. The Bertz CT molecular complexity index is 552. The van der Waals surface area contributed by atoms with Gasteiger partial charge in [-0.25, -0.2) is 4.39 Å². The van der Waals surface area contributed by atoms with E-state index < -0.39 is 0 Å². The molecule has 1 aromatic heterocycles. The van der Waals surface area contributed by atoms with Crippen molar-refractivity contribution in [3.63, 3.8) is 0 Å². The van der Waals surface area contributed by atoms with E-state index in [2.05, 4.69) is 10.3 Å². The molecule has 0 amide bonds. The lowest BCUT2D eigenvalue weighted by atomic mass is 9.99. The van der Waals surface area contributed by atoms with Gasteiger partial charge in [-0.05, 0) is 44.2 Å². The summed E-state index contributed by atoms with van der Waals surface area (Å²) >= 11 is 6.07.